The van der Waals surface area contributed by atoms with Gasteiger partial charge in [-0.25, -0.2) is 8.78 Å². The van der Waals surface area contributed by atoms with Crippen molar-refractivity contribution >= 4 is 40.5 Å². The van der Waals surface area contributed by atoms with Crippen molar-refractivity contribution in [1.82, 2.24) is 0 Å². The number of halogens is 4. The van der Waals surface area contributed by atoms with Crippen molar-refractivity contribution < 1.29 is 13.6 Å². The summed E-state index contributed by atoms with van der Waals surface area (Å²) in [5.41, 5.74) is 0.309. The minimum Gasteiger partial charge on any atom is -0.373 e. The molecular formula is C14H10Cl2F2N2O. The first-order valence-corrected chi connectivity index (χ1v) is 6.66. The number of para-hydroxylation sites is 1. The fourth-order valence-corrected chi connectivity index (χ4v) is 2.08. The number of anilines is 2. The van der Waals surface area contributed by atoms with E-state index in [9.17, 15) is 13.6 Å². The summed E-state index contributed by atoms with van der Waals surface area (Å²) in [6, 6.07) is 8.33. The molecule has 0 aliphatic heterocycles. The molecule has 0 fully saturated rings. The Kier molecular flexibility index (Phi) is 4.98. The summed E-state index contributed by atoms with van der Waals surface area (Å²) < 4.78 is 26.4. The highest BCUT2D eigenvalue weighted by molar-refractivity contribution is 6.34. The van der Waals surface area contributed by atoms with Gasteiger partial charge < -0.3 is 10.6 Å². The van der Waals surface area contributed by atoms with Crippen LogP contribution in [0.2, 0.25) is 10.0 Å². The monoisotopic (exact) mass is 330 g/mol. The van der Waals surface area contributed by atoms with E-state index in [2.05, 4.69) is 10.6 Å². The van der Waals surface area contributed by atoms with Crippen molar-refractivity contribution in [3.63, 3.8) is 0 Å². The molecule has 0 spiro atoms. The predicted octanol–water partition coefficient (Wildman–Crippen LogP) is 4.32. The fourth-order valence-electron chi connectivity index (χ4n) is 1.64. The van der Waals surface area contributed by atoms with Crippen molar-refractivity contribution in [2.45, 2.75) is 0 Å². The Balaban J connectivity index is 2.01. The second kappa shape index (κ2) is 6.74. The second-order valence-corrected chi connectivity index (χ2v) is 4.94. The summed E-state index contributed by atoms with van der Waals surface area (Å²) in [7, 11) is 0. The van der Waals surface area contributed by atoms with Crippen LogP contribution in [0.1, 0.15) is 0 Å². The van der Waals surface area contributed by atoms with Crippen LogP contribution in [-0.2, 0) is 4.79 Å². The van der Waals surface area contributed by atoms with E-state index >= 15 is 0 Å². The van der Waals surface area contributed by atoms with Crippen molar-refractivity contribution in [3.8, 4) is 0 Å². The van der Waals surface area contributed by atoms with E-state index in [0.29, 0.717) is 16.8 Å². The average molecular weight is 331 g/mol. The number of benzene rings is 2. The normalized spacial score (nSPS) is 10.3. The number of hydrogen-bond donors (Lipinski definition) is 2. The van der Waals surface area contributed by atoms with Gasteiger partial charge in [-0.15, -0.1) is 0 Å². The molecule has 3 nitrogen and oxygen atoms in total. The fraction of sp³-hybridized carbons (Fsp3) is 0.0714. The zero-order valence-electron chi connectivity index (χ0n) is 10.6. The molecule has 2 rings (SSSR count). The molecule has 0 saturated heterocycles. The Bertz CT molecular complexity index is 657. The van der Waals surface area contributed by atoms with Gasteiger partial charge in [-0.1, -0.05) is 35.3 Å². The maximum absolute atomic E-state index is 13.5. The molecular weight excluding hydrogens is 321 g/mol. The topological polar surface area (TPSA) is 41.1 Å². The predicted molar refractivity (Wildman–Crippen MR) is 79.9 cm³/mol. The Labute approximate surface area is 129 Å². The van der Waals surface area contributed by atoms with E-state index in [1.807, 2.05) is 0 Å². The number of hydrogen-bond acceptors (Lipinski definition) is 2. The van der Waals surface area contributed by atoms with Gasteiger partial charge in [-0.3, -0.25) is 4.79 Å². The minimum atomic E-state index is -0.870. The molecule has 0 unspecified atom stereocenters. The van der Waals surface area contributed by atoms with Crippen LogP contribution in [0.3, 0.4) is 0 Å². The van der Waals surface area contributed by atoms with Crippen LogP contribution in [0.4, 0.5) is 20.2 Å². The maximum atomic E-state index is 13.5. The lowest BCUT2D eigenvalue weighted by molar-refractivity contribution is -0.114. The van der Waals surface area contributed by atoms with Crippen molar-refractivity contribution in [2.24, 2.45) is 0 Å². The Hall–Kier alpha value is -1.85. The first kappa shape index (κ1) is 15.5. The van der Waals surface area contributed by atoms with Crippen LogP contribution < -0.4 is 10.6 Å². The third-order valence-corrected chi connectivity index (χ3v) is 3.21. The van der Waals surface area contributed by atoms with Gasteiger partial charge in [0.2, 0.25) is 5.91 Å². The van der Waals surface area contributed by atoms with Gasteiger partial charge in [0.15, 0.2) is 5.82 Å². The van der Waals surface area contributed by atoms with Gasteiger partial charge in [-0.2, -0.15) is 0 Å². The Morgan fingerprint density at radius 1 is 1.10 bits per heavy atom. The number of nitrogens with one attached hydrogen (secondary N) is 2. The molecule has 7 heteroatoms. The van der Waals surface area contributed by atoms with E-state index in [4.69, 9.17) is 23.2 Å². The number of carbonyl (C=O) groups excluding carboxylic acids is 1. The van der Waals surface area contributed by atoms with Gasteiger partial charge in [0.25, 0.3) is 0 Å². The third-order valence-electron chi connectivity index (χ3n) is 2.58. The molecule has 21 heavy (non-hydrogen) atoms. The lowest BCUT2D eigenvalue weighted by Crippen LogP contribution is -2.22. The molecule has 0 saturated carbocycles. The number of carbonyl (C=O) groups is 1. The molecule has 0 aliphatic carbocycles. The van der Waals surface area contributed by atoms with E-state index in [1.165, 1.54) is 0 Å². The molecule has 0 radical (unpaired) electrons. The third kappa shape index (κ3) is 4.06. The van der Waals surface area contributed by atoms with Crippen molar-refractivity contribution in [1.29, 1.82) is 0 Å². The summed E-state index contributed by atoms with van der Waals surface area (Å²) in [6.45, 7) is -0.243. The largest absolute Gasteiger partial charge is 0.373 e. The van der Waals surface area contributed by atoms with Crippen LogP contribution in [0.5, 0.6) is 0 Å². The maximum Gasteiger partial charge on any atom is 0.243 e. The van der Waals surface area contributed by atoms with Crippen molar-refractivity contribution in [2.75, 3.05) is 17.2 Å². The highest BCUT2D eigenvalue weighted by Gasteiger charge is 2.11. The summed E-state index contributed by atoms with van der Waals surface area (Å²) in [5.74, 6) is -2.10. The lowest BCUT2D eigenvalue weighted by atomic mass is 10.3. The summed E-state index contributed by atoms with van der Waals surface area (Å²) in [4.78, 5) is 11.8. The van der Waals surface area contributed by atoms with Crippen LogP contribution in [0.15, 0.2) is 36.4 Å². The minimum absolute atomic E-state index is 0.132. The highest BCUT2D eigenvalue weighted by atomic mass is 35.5. The smallest absolute Gasteiger partial charge is 0.243 e. The van der Waals surface area contributed by atoms with Crippen LogP contribution in [0.25, 0.3) is 0 Å². The average Bonchev–Trinajstić information content (AvgIpc) is 2.40. The van der Waals surface area contributed by atoms with Gasteiger partial charge in [0.1, 0.15) is 5.82 Å². The molecule has 0 bridgehead atoms. The molecule has 0 atom stereocenters. The highest BCUT2D eigenvalue weighted by Crippen LogP contribution is 2.26. The zero-order chi connectivity index (χ0) is 15.4. The molecule has 0 aromatic heterocycles. The second-order valence-electron chi connectivity index (χ2n) is 4.13. The Morgan fingerprint density at radius 3 is 2.48 bits per heavy atom. The summed E-state index contributed by atoms with van der Waals surface area (Å²) >= 11 is 11.6. The van der Waals surface area contributed by atoms with Crippen LogP contribution >= 0.6 is 23.2 Å². The van der Waals surface area contributed by atoms with Crippen LogP contribution in [0, 0.1) is 11.6 Å². The molecule has 1 amide bonds. The van der Waals surface area contributed by atoms with E-state index in [1.54, 1.807) is 24.3 Å². The Morgan fingerprint density at radius 2 is 1.81 bits per heavy atom. The molecule has 2 aromatic carbocycles. The van der Waals surface area contributed by atoms with Gasteiger partial charge in [0, 0.05) is 6.07 Å². The zero-order valence-corrected chi connectivity index (χ0v) is 12.1. The van der Waals surface area contributed by atoms with E-state index < -0.39 is 17.5 Å². The molecule has 0 aliphatic rings. The first-order valence-electron chi connectivity index (χ1n) is 5.90. The quantitative estimate of drug-likeness (QED) is 0.876. The van der Waals surface area contributed by atoms with Crippen molar-refractivity contribution in [3.05, 3.63) is 58.1 Å². The number of rotatable bonds is 4. The van der Waals surface area contributed by atoms with E-state index in [-0.39, 0.29) is 17.3 Å². The SMILES string of the molecule is O=C(CNc1c(F)cc(F)cc1Cl)Nc1ccccc1Cl. The van der Waals surface area contributed by atoms with Gasteiger partial charge in [-0.05, 0) is 18.2 Å². The number of amides is 1. The molecule has 0 heterocycles. The molecule has 2 aromatic rings. The summed E-state index contributed by atoms with van der Waals surface area (Å²) in [5, 5.41) is 5.32. The first-order chi connectivity index (χ1) is 9.97. The molecule has 110 valence electrons. The van der Waals surface area contributed by atoms with E-state index in [0.717, 1.165) is 6.07 Å². The molecule has 2 N–H and O–H groups in total. The lowest BCUT2D eigenvalue weighted by Gasteiger charge is -2.11. The summed E-state index contributed by atoms with van der Waals surface area (Å²) in [6.07, 6.45) is 0. The van der Waals surface area contributed by atoms with Crippen LogP contribution in [-0.4, -0.2) is 12.5 Å². The van der Waals surface area contributed by atoms with Gasteiger partial charge >= 0.3 is 0 Å². The van der Waals surface area contributed by atoms with Gasteiger partial charge in [0.05, 0.1) is 28.0 Å². The standard InChI is InChI=1S/C14H10Cl2F2N2O/c15-9-3-1-2-4-12(9)20-13(21)7-19-14-10(16)5-8(17)6-11(14)18/h1-6,19H,7H2,(H,20,21).